The van der Waals surface area contributed by atoms with Crippen molar-refractivity contribution >= 4 is 5.97 Å². The van der Waals surface area contributed by atoms with E-state index in [1.807, 2.05) is 13.0 Å². The third-order valence-corrected chi connectivity index (χ3v) is 2.02. The maximum atomic E-state index is 11.1. The van der Waals surface area contributed by atoms with Gasteiger partial charge in [-0.15, -0.1) is 0 Å². The van der Waals surface area contributed by atoms with Crippen molar-refractivity contribution in [2.75, 3.05) is 13.2 Å². The zero-order valence-corrected chi connectivity index (χ0v) is 9.25. The Kier molecular flexibility index (Phi) is 7.11. The van der Waals surface area contributed by atoms with Crippen molar-refractivity contribution in [2.45, 2.75) is 33.6 Å². The van der Waals surface area contributed by atoms with Crippen LogP contribution in [0.2, 0.25) is 0 Å². The van der Waals surface area contributed by atoms with Gasteiger partial charge in [0.2, 0.25) is 0 Å². The van der Waals surface area contributed by atoms with Crippen LogP contribution in [0.1, 0.15) is 33.6 Å². The minimum atomic E-state index is -0.246. The normalized spacial score (nSPS) is 13.9. The van der Waals surface area contributed by atoms with Crippen molar-refractivity contribution in [3.05, 3.63) is 11.6 Å². The molecule has 3 nitrogen and oxygen atoms in total. The number of ether oxygens (including phenoxy) is 1. The van der Waals surface area contributed by atoms with Crippen molar-refractivity contribution in [1.29, 1.82) is 0 Å². The fourth-order valence-corrected chi connectivity index (χ4v) is 1.00. The van der Waals surface area contributed by atoms with Crippen LogP contribution in [0.5, 0.6) is 0 Å². The number of esters is 1. The van der Waals surface area contributed by atoms with Gasteiger partial charge in [-0.1, -0.05) is 13.0 Å². The fraction of sp³-hybridized carbons (Fsp3) is 0.727. The molecule has 82 valence electrons. The molecule has 0 aliphatic heterocycles. The van der Waals surface area contributed by atoms with Crippen molar-refractivity contribution in [3.63, 3.8) is 0 Å². The number of hydrogen-bond donors (Lipinski definition) is 1. The molecular weight excluding hydrogens is 180 g/mol. The Hall–Kier alpha value is -0.830. The predicted octanol–water partition coefficient (Wildman–Crippen LogP) is 1.90. The first kappa shape index (κ1) is 13.2. The van der Waals surface area contributed by atoms with Crippen LogP contribution in [-0.2, 0) is 9.53 Å². The lowest BCUT2D eigenvalue weighted by atomic mass is 10.1. The van der Waals surface area contributed by atoms with Gasteiger partial charge in [0.05, 0.1) is 6.61 Å². The van der Waals surface area contributed by atoms with Crippen LogP contribution in [0.3, 0.4) is 0 Å². The van der Waals surface area contributed by atoms with E-state index in [1.54, 1.807) is 13.8 Å². The molecular formula is C11H20O3. The van der Waals surface area contributed by atoms with E-state index >= 15 is 0 Å². The number of carbonyl (C=O) groups excluding carboxylic acids is 1. The summed E-state index contributed by atoms with van der Waals surface area (Å²) in [4.78, 5) is 11.1. The average molecular weight is 200 g/mol. The summed E-state index contributed by atoms with van der Waals surface area (Å²) < 4.78 is 4.83. The van der Waals surface area contributed by atoms with Crippen LogP contribution in [0.4, 0.5) is 0 Å². The molecule has 0 aromatic carbocycles. The fourth-order valence-electron chi connectivity index (χ4n) is 1.00. The Morgan fingerprint density at radius 3 is 2.71 bits per heavy atom. The highest BCUT2D eigenvalue weighted by atomic mass is 16.5. The van der Waals surface area contributed by atoms with Gasteiger partial charge in [-0.05, 0) is 32.6 Å². The molecule has 0 bridgehead atoms. The highest BCUT2D eigenvalue weighted by molar-refractivity contribution is 5.87. The average Bonchev–Trinajstić information content (AvgIpc) is 2.17. The Bertz CT molecular complexity index is 197. The lowest BCUT2D eigenvalue weighted by Gasteiger charge is -2.05. The minimum absolute atomic E-state index is 0.201. The van der Waals surface area contributed by atoms with E-state index in [9.17, 15) is 4.79 Å². The van der Waals surface area contributed by atoms with Gasteiger partial charge < -0.3 is 9.84 Å². The molecule has 0 rings (SSSR count). The SMILES string of the molecule is CCOC(=O)/C(C)=C/CC[C@@H](C)CO. The number of aliphatic hydroxyl groups excluding tert-OH is 1. The number of aliphatic hydroxyl groups is 1. The van der Waals surface area contributed by atoms with E-state index in [1.165, 1.54) is 0 Å². The van der Waals surface area contributed by atoms with E-state index in [0.717, 1.165) is 12.8 Å². The summed E-state index contributed by atoms with van der Waals surface area (Å²) in [6.07, 6.45) is 3.57. The van der Waals surface area contributed by atoms with Gasteiger partial charge in [0, 0.05) is 12.2 Å². The van der Waals surface area contributed by atoms with Crippen LogP contribution < -0.4 is 0 Å². The van der Waals surface area contributed by atoms with E-state index < -0.39 is 0 Å². The molecule has 0 radical (unpaired) electrons. The molecule has 0 aromatic heterocycles. The van der Waals surface area contributed by atoms with E-state index in [0.29, 0.717) is 18.1 Å². The molecule has 0 amide bonds. The summed E-state index contributed by atoms with van der Waals surface area (Å²) in [5.41, 5.74) is 0.650. The maximum Gasteiger partial charge on any atom is 0.333 e. The third-order valence-electron chi connectivity index (χ3n) is 2.02. The molecule has 1 atom stereocenters. The van der Waals surface area contributed by atoms with Gasteiger partial charge >= 0.3 is 5.97 Å². The number of hydrogen-bond acceptors (Lipinski definition) is 3. The summed E-state index contributed by atoms with van der Waals surface area (Å²) in [6, 6.07) is 0. The van der Waals surface area contributed by atoms with E-state index in [-0.39, 0.29) is 12.6 Å². The highest BCUT2D eigenvalue weighted by Gasteiger charge is 2.04. The molecule has 0 saturated carbocycles. The molecule has 0 spiro atoms. The quantitative estimate of drug-likeness (QED) is 0.526. The van der Waals surface area contributed by atoms with Crippen LogP contribution in [-0.4, -0.2) is 24.3 Å². The first-order valence-corrected chi connectivity index (χ1v) is 5.06. The van der Waals surface area contributed by atoms with Gasteiger partial charge in [0.1, 0.15) is 0 Å². The summed E-state index contributed by atoms with van der Waals surface area (Å²) in [5.74, 6) is 0.0467. The molecule has 0 unspecified atom stereocenters. The molecule has 14 heavy (non-hydrogen) atoms. The van der Waals surface area contributed by atoms with Gasteiger partial charge in [0.25, 0.3) is 0 Å². The van der Waals surface area contributed by atoms with Crippen LogP contribution in [0, 0.1) is 5.92 Å². The highest BCUT2D eigenvalue weighted by Crippen LogP contribution is 2.07. The minimum Gasteiger partial charge on any atom is -0.463 e. The second-order valence-electron chi connectivity index (χ2n) is 3.47. The van der Waals surface area contributed by atoms with Gasteiger partial charge in [-0.2, -0.15) is 0 Å². The second kappa shape index (κ2) is 7.56. The molecule has 0 aromatic rings. The van der Waals surface area contributed by atoms with Crippen LogP contribution in [0.15, 0.2) is 11.6 Å². The first-order chi connectivity index (χ1) is 6.61. The Labute approximate surface area is 85.8 Å². The largest absolute Gasteiger partial charge is 0.463 e. The number of carbonyl (C=O) groups is 1. The Balaban J connectivity index is 3.81. The first-order valence-electron chi connectivity index (χ1n) is 5.06. The van der Waals surface area contributed by atoms with Gasteiger partial charge in [-0.25, -0.2) is 4.79 Å². The van der Waals surface area contributed by atoms with E-state index in [2.05, 4.69) is 0 Å². The molecule has 0 heterocycles. The third kappa shape index (κ3) is 5.75. The lowest BCUT2D eigenvalue weighted by Crippen LogP contribution is -2.05. The second-order valence-corrected chi connectivity index (χ2v) is 3.47. The van der Waals surface area contributed by atoms with Crippen LogP contribution in [0.25, 0.3) is 0 Å². The molecule has 3 heteroatoms. The predicted molar refractivity (Wildman–Crippen MR) is 55.9 cm³/mol. The monoisotopic (exact) mass is 200 g/mol. The smallest absolute Gasteiger partial charge is 0.333 e. The lowest BCUT2D eigenvalue weighted by molar-refractivity contribution is -0.138. The summed E-state index contributed by atoms with van der Waals surface area (Å²) in [6.45, 7) is 6.14. The summed E-state index contributed by atoms with van der Waals surface area (Å²) in [5, 5.41) is 8.78. The molecule has 0 saturated heterocycles. The van der Waals surface area contributed by atoms with Gasteiger partial charge in [0.15, 0.2) is 0 Å². The molecule has 0 fully saturated rings. The summed E-state index contributed by atoms with van der Waals surface area (Å²) in [7, 11) is 0. The molecule has 0 aliphatic carbocycles. The topological polar surface area (TPSA) is 46.5 Å². The summed E-state index contributed by atoms with van der Waals surface area (Å²) >= 11 is 0. The Morgan fingerprint density at radius 1 is 1.57 bits per heavy atom. The van der Waals surface area contributed by atoms with Crippen molar-refractivity contribution in [1.82, 2.24) is 0 Å². The zero-order valence-electron chi connectivity index (χ0n) is 9.25. The number of rotatable bonds is 6. The van der Waals surface area contributed by atoms with E-state index in [4.69, 9.17) is 9.84 Å². The Morgan fingerprint density at radius 2 is 2.21 bits per heavy atom. The van der Waals surface area contributed by atoms with Crippen LogP contribution >= 0.6 is 0 Å². The molecule has 0 aliphatic rings. The van der Waals surface area contributed by atoms with Crippen molar-refractivity contribution < 1.29 is 14.6 Å². The standard InChI is InChI=1S/C11H20O3/c1-4-14-11(13)10(3)7-5-6-9(2)8-12/h7,9,12H,4-6,8H2,1-3H3/b10-7+/t9-/m1/s1. The van der Waals surface area contributed by atoms with Crippen molar-refractivity contribution in [2.24, 2.45) is 5.92 Å². The zero-order chi connectivity index (χ0) is 11.0. The maximum absolute atomic E-state index is 11.1. The van der Waals surface area contributed by atoms with Crippen molar-refractivity contribution in [3.8, 4) is 0 Å². The van der Waals surface area contributed by atoms with Gasteiger partial charge in [-0.3, -0.25) is 0 Å². The molecule has 1 N–H and O–H groups in total. The number of allylic oxidation sites excluding steroid dienone is 1.